The highest BCUT2D eigenvalue weighted by Crippen LogP contribution is 2.41. The largest absolute Gasteiger partial charge is 0.331 e. The number of hydrogen-bond acceptors (Lipinski definition) is 3. The van der Waals surface area contributed by atoms with Crippen LogP contribution in [-0.4, -0.2) is 28.7 Å². The van der Waals surface area contributed by atoms with E-state index in [9.17, 15) is 0 Å². The number of allylic oxidation sites excluding steroid dienone is 4. The van der Waals surface area contributed by atoms with Crippen LogP contribution in [0.5, 0.6) is 0 Å². The Morgan fingerprint density at radius 2 is 1.42 bits per heavy atom. The van der Waals surface area contributed by atoms with Crippen molar-refractivity contribution in [2.75, 3.05) is 0 Å². The van der Waals surface area contributed by atoms with Crippen molar-refractivity contribution in [1.29, 1.82) is 0 Å². The zero-order chi connectivity index (χ0) is 23.8. The Labute approximate surface area is 206 Å². The second-order valence-electron chi connectivity index (χ2n) is 9.42. The van der Waals surface area contributed by atoms with E-state index in [1.54, 1.807) is 6.33 Å². The fraction of sp³-hybridized carbons (Fsp3) is 0.100. The quantitative estimate of drug-likeness (QED) is 0.283. The molecule has 1 aliphatic carbocycles. The van der Waals surface area contributed by atoms with Crippen molar-refractivity contribution in [1.82, 2.24) is 28.7 Å². The zero-order valence-electron chi connectivity index (χ0n) is 19.8. The summed E-state index contributed by atoms with van der Waals surface area (Å²) in [7, 11) is 1.97. The van der Waals surface area contributed by atoms with Crippen LogP contribution in [0.1, 0.15) is 12.8 Å². The van der Waals surface area contributed by atoms with E-state index in [4.69, 9.17) is 9.97 Å². The first kappa shape index (κ1) is 19.6. The molecule has 7 aromatic rings. The van der Waals surface area contributed by atoms with Crippen molar-refractivity contribution < 1.29 is 0 Å². The maximum absolute atomic E-state index is 4.93. The summed E-state index contributed by atoms with van der Waals surface area (Å²) in [6.45, 7) is 0. The molecule has 0 saturated carbocycles. The van der Waals surface area contributed by atoms with E-state index in [0.717, 1.165) is 29.4 Å². The second-order valence-corrected chi connectivity index (χ2v) is 9.42. The topological polar surface area (TPSA) is 53.5 Å². The van der Waals surface area contributed by atoms with Crippen molar-refractivity contribution in [3.63, 3.8) is 0 Å². The molecule has 0 bridgehead atoms. The van der Waals surface area contributed by atoms with E-state index in [1.165, 1.54) is 38.3 Å². The summed E-state index contributed by atoms with van der Waals surface area (Å²) in [5.74, 6) is 0.634. The van der Waals surface area contributed by atoms with Crippen molar-refractivity contribution >= 4 is 60.5 Å². The Hall–Kier alpha value is -4.71. The molecule has 0 N–H and O–H groups in total. The van der Waals surface area contributed by atoms with Crippen LogP contribution < -0.4 is 0 Å². The Morgan fingerprint density at radius 1 is 0.722 bits per heavy atom. The monoisotopic (exact) mass is 466 g/mol. The molecule has 4 aromatic heterocycles. The van der Waals surface area contributed by atoms with Gasteiger partial charge in [0.1, 0.15) is 5.52 Å². The molecule has 1 aliphatic rings. The standard InChI is InChI=1S/C30H22N6/c1-34-18-32-29-26(34)17-31-30(33-29)36-25-14-8-6-12-21(25)23-16-15-22-20-11-5-7-13-24(20)35(27(22)28(23)36)19-9-3-2-4-10-19/h2-3,5-9,11-18H,4,10H2,1H3. The van der Waals surface area contributed by atoms with Crippen molar-refractivity contribution in [3.8, 4) is 5.95 Å². The van der Waals surface area contributed by atoms with Crippen LogP contribution in [0.2, 0.25) is 0 Å². The lowest BCUT2D eigenvalue weighted by Crippen LogP contribution is -2.04. The summed E-state index contributed by atoms with van der Waals surface area (Å²) >= 11 is 0. The van der Waals surface area contributed by atoms with Crippen LogP contribution >= 0.6 is 0 Å². The number of para-hydroxylation sites is 2. The Bertz CT molecular complexity index is 2060. The molecule has 4 heterocycles. The molecular formula is C30H22N6. The van der Waals surface area contributed by atoms with Gasteiger partial charge in [0.15, 0.2) is 5.65 Å². The van der Waals surface area contributed by atoms with Crippen LogP contribution in [0.15, 0.2) is 91.4 Å². The first-order valence-electron chi connectivity index (χ1n) is 12.3. The molecule has 0 atom stereocenters. The van der Waals surface area contributed by atoms with Crippen LogP contribution in [0.4, 0.5) is 0 Å². The maximum Gasteiger partial charge on any atom is 0.236 e. The summed E-state index contributed by atoms with van der Waals surface area (Å²) in [4.78, 5) is 14.3. The molecule has 3 aromatic carbocycles. The first-order chi connectivity index (χ1) is 17.8. The molecule has 0 fully saturated rings. The molecule has 0 amide bonds. The lowest BCUT2D eigenvalue weighted by atomic mass is 10.1. The lowest BCUT2D eigenvalue weighted by Gasteiger charge is -2.15. The Morgan fingerprint density at radius 3 is 2.14 bits per heavy atom. The number of fused-ring (bicyclic) bond motifs is 8. The average Bonchev–Trinajstić information content (AvgIpc) is 3.58. The van der Waals surface area contributed by atoms with Crippen molar-refractivity contribution in [2.45, 2.75) is 12.8 Å². The van der Waals surface area contributed by atoms with Crippen LogP contribution in [0.3, 0.4) is 0 Å². The maximum atomic E-state index is 4.93. The third-order valence-electron chi connectivity index (χ3n) is 7.42. The molecule has 172 valence electrons. The van der Waals surface area contributed by atoms with Crippen molar-refractivity contribution in [3.05, 3.63) is 91.4 Å². The van der Waals surface area contributed by atoms with Gasteiger partial charge in [-0.05, 0) is 31.1 Å². The predicted molar refractivity (Wildman–Crippen MR) is 146 cm³/mol. The highest BCUT2D eigenvalue weighted by atomic mass is 15.2. The van der Waals surface area contributed by atoms with Gasteiger partial charge in [-0.3, -0.25) is 4.57 Å². The predicted octanol–water partition coefficient (Wildman–Crippen LogP) is 6.76. The minimum atomic E-state index is 0.634. The molecule has 8 rings (SSSR count). The van der Waals surface area contributed by atoms with Gasteiger partial charge < -0.3 is 9.13 Å². The number of benzene rings is 3. The molecule has 0 saturated heterocycles. The number of imidazole rings is 1. The van der Waals surface area contributed by atoms with E-state index in [1.807, 2.05) is 17.8 Å². The minimum absolute atomic E-state index is 0.634. The summed E-state index contributed by atoms with van der Waals surface area (Å²) in [6.07, 6.45) is 12.4. The fourth-order valence-electron chi connectivity index (χ4n) is 5.80. The first-order valence-corrected chi connectivity index (χ1v) is 12.3. The third kappa shape index (κ3) is 2.53. The van der Waals surface area contributed by atoms with Gasteiger partial charge in [0.25, 0.3) is 0 Å². The SMILES string of the molecule is Cn1cnc2nc(-n3c4ccccc4c4ccc5c6ccccc6n(C6=CC=CCC6)c5c43)ncc21. The molecule has 0 radical (unpaired) electrons. The lowest BCUT2D eigenvalue weighted by molar-refractivity contribution is 0.940. The summed E-state index contributed by atoms with van der Waals surface area (Å²) in [6, 6.07) is 21.8. The fourth-order valence-corrected chi connectivity index (χ4v) is 5.80. The van der Waals surface area contributed by atoms with E-state index < -0.39 is 0 Å². The number of aryl methyl sites for hydroxylation is 1. The van der Waals surface area contributed by atoms with E-state index in [0.29, 0.717) is 11.6 Å². The Kier molecular flexibility index (Phi) is 3.89. The smallest absolute Gasteiger partial charge is 0.236 e. The van der Waals surface area contributed by atoms with Gasteiger partial charge in [-0.15, -0.1) is 0 Å². The van der Waals surface area contributed by atoms with Crippen LogP contribution in [0, 0.1) is 0 Å². The minimum Gasteiger partial charge on any atom is -0.331 e. The van der Waals surface area contributed by atoms with Gasteiger partial charge in [-0.2, -0.15) is 4.98 Å². The average molecular weight is 467 g/mol. The van der Waals surface area contributed by atoms with Gasteiger partial charge in [-0.1, -0.05) is 60.7 Å². The molecule has 36 heavy (non-hydrogen) atoms. The van der Waals surface area contributed by atoms with E-state index >= 15 is 0 Å². The van der Waals surface area contributed by atoms with Gasteiger partial charge >= 0.3 is 0 Å². The molecule has 0 aliphatic heterocycles. The summed E-state index contributed by atoms with van der Waals surface area (Å²) < 4.78 is 6.62. The molecule has 0 spiro atoms. The summed E-state index contributed by atoms with van der Waals surface area (Å²) in [5.41, 5.74) is 7.53. The molecule has 6 nitrogen and oxygen atoms in total. The molecule has 0 unspecified atom stereocenters. The number of hydrogen-bond donors (Lipinski definition) is 0. The number of rotatable bonds is 2. The Balaban J connectivity index is 1.61. The second kappa shape index (κ2) is 7.15. The zero-order valence-corrected chi connectivity index (χ0v) is 19.8. The number of aromatic nitrogens is 6. The van der Waals surface area contributed by atoms with Gasteiger partial charge in [0.05, 0.1) is 34.6 Å². The molecule has 6 heteroatoms. The van der Waals surface area contributed by atoms with Gasteiger partial charge in [0.2, 0.25) is 5.95 Å². The molecular weight excluding hydrogens is 444 g/mol. The van der Waals surface area contributed by atoms with Crippen LogP contribution in [-0.2, 0) is 7.05 Å². The van der Waals surface area contributed by atoms with Gasteiger partial charge in [0, 0.05) is 34.3 Å². The number of nitrogens with zero attached hydrogens (tertiary/aromatic N) is 6. The van der Waals surface area contributed by atoms with Gasteiger partial charge in [-0.25, -0.2) is 9.97 Å². The highest BCUT2D eigenvalue weighted by Gasteiger charge is 2.22. The summed E-state index contributed by atoms with van der Waals surface area (Å²) in [5, 5.41) is 4.87. The highest BCUT2D eigenvalue weighted by molar-refractivity contribution is 6.24. The van der Waals surface area contributed by atoms with E-state index in [2.05, 4.69) is 93.0 Å². The van der Waals surface area contributed by atoms with Crippen LogP contribution in [0.25, 0.3) is 66.4 Å². The van der Waals surface area contributed by atoms with Crippen molar-refractivity contribution in [2.24, 2.45) is 7.05 Å². The third-order valence-corrected chi connectivity index (χ3v) is 7.42. The normalized spacial score (nSPS) is 14.1. The van der Waals surface area contributed by atoms with E-state index in [-0.39, 0.29) is 0 Å².